The highest BCUT2D eigenvalue weighted by Crippen LogP contribution is 2.07. The Labute approximate surface area is 139 Å². The van der Waals surface area contributed by atoms with E-state index < -0.39 is 36.3 Å². The van der Waals surface area contributed by atoms with Gasteiger partial charge in [0.2, 0.25) is 0 Å². The van der Waals surface area contributed by atoms with E-state index in [0.717, 1.165) is 14.2 Å². The first-order valence-corrected chi connectivity index (χ1v) is 7.49. The Morgan fingerprint density at radius 3 is 1.17 bits per heavy atom. The summed E-state index contributed by atoms with van der Waals surface area (Å²) in [6.07, 6.45) is -0.470. The summed E-state index contributed by atoms with van der Waals surface area (Å²) in [6, 6.07) is 0. The van der Waals surface area contributed by atoms with Crippen molar-refractivity contribution in [2.75, 3.05) is 14.2 Å². The van der Waals surface area contributed by atoms with Crippen molar-refractivity contribution < 1.29 is 38.2 Å². The van der Waals surface area contributed by atoms with Crippen LogP contribution in [0.4, 0.5) is 0 Å². The van der Waals surface area contributed by atoms with Gasteiger partial charge in [-0.25, -0.2) is 0 Å². The number of methoxy groups -OCH3 is 2. The lowest BCUT2D eigenvalue weighted by Crippen LogP contribution is -2.14. The summed E-state index contributed by atoms with van der Waals surface area (Å²) < 4.78 is 8.65. The molecule has 0 aliphatic rings. The van der Waals surface area contributed by atoms with Gasteiger partial charge in [-0.3, -0.25) is 28.8 Å². The molecule has 0 saturated carbocycles. The second kappa shape index (κ2) is 12.1. The van der Waals surface area contributed by atoms with E-state index in [1.165, 1.54) is 0 Å². The topological polar surface area (TPSA) is 121 Å². The third kappa shape index (κ3) is 11.2. The number of rotatable bonds is 13. The molecule has 0 atom stereocenters. The molecule has 0 aliphatic heterocycles. The smallest absolute Gasteiger partial charge is 0.313 e. The van der Waals surface area contributed by atoms with Crippen molar-refractivity contribution in [1.29, 1.82) is 0 Å². The standard InChI is InChI=1S/C16H22O8/c1-23-15(21)9-13(19)7-11(17)5-3-4-6-12(18)8-14(20)10-16(22)24-2/h3-10H2,1-2H3. The zero-order chi connectivity index (χ0) is 18.5. The minimum Gasteiger partial charge on any atom is -0.469 e. The molecule has 0 radical (unpaired) electrons. The molecule has 8 heteroatoms. The molecule has 0 spiro atoms. The molecule has 0 fully saturated rings. The summed E-state index contributed by atoms with van der Waals surface area (Å²) >= 11 is 0. The van der Waals surface area contributed by atoms with Crippen molar-refractivity contribution in [3.63, 3.8) is 0 Å². The van der Waals surface area contributed by atoms with E-state index in [-0.39, 0.29) is 37.2 Å². The van der Waals surface area contributed by atoms with Crippen LogP contribution in [0.25, 0.3) is 0 Å². The molecular weight excluding hydrogens is 320 g/mol. The molecule has 0 saturated heterocycles. The summed E-state index contributed by atoms with van der Waals surface area (Å²) in [7, 11) is 2.31. The fourth-order valence-corrected chi connectivity index (χ4v) is 1.85. The minimum atomic E-state index is -0.685. The van der Waals surface area contributed by atoms with Crippen LogP contribution in [0.1, 0.15) is 51.4 Å². The lowest BCUT2D eigenvalue weighted by Gasteiger charge is -2.02. The van der Waals surface area contributed by atoms with Crippen molar-refractivity contribution in [2.24, 2.45) is 0 Å². The molecule has 24 heavy (non-hydrogen) atoms. The molecule has 0 rings (SSSR count). The Morgan fingerprint density at radius 2 is 0.875 bits per heavy atom. The lowest BCUT2D eigenvalue weighted by atomic mass is 10.0. The summed E-state index contributed by atoms with van der Waals surface area (Å²) in [4.78, 5) is 67.5. The highest BCUT2D eigenvalue weighted by Gasteiger charge is 2.15. The molecule has 0 heterocycles. The van der Waals surface area contributed by atoms with Gasteiger partial charge in [0.15, 0.2) is 11.6 Å². The van der Waals surface area contributed by atoms with Gasteiger partial charge in [0.05, 0.1) is 27.1 Å². The molecule has 0 aliphatic carbocycles. The molecule has 0 unspecified atom stereocenters. The van der Waals surface area contributed by atoms with Gasteiger partial charge in [0.1, 0.15) is 24.4 Å². The molecule has 0 bridgehead atoms. The molecule has 0 aromatic rings. The molecule has 0 aromatic heterocycles. The quantitative estimate of drug-likeness (QED) is 0.273. The van der Waals surface area contributed by atoms with Gasteiger partial charge in [-0.15, -0.1) is 0 Å². The second-order valence-corrected chi connectivity index (χ2v) is 5.22. The third-order valence-corrected chi connectivity index (χ3v) is 3.09. The van der Waals surface area contributed by atoms with Crippen molar-refractivity contribution >= 4 is 35.1 Å². The summed E-state index contributed by atoms with van der Waals surface area (Å²) in [5.41, 5.74) is 0. The van der Waals surface area contributed by atoms with E-state index in [4.69, 9.17) is 0 Å². The van der Waals surface area contributed by atoms with Gasteiger partial charge in [0.25, 0.3) is 0 Å². The van der Waals surface area contributed by atoms with Crippen LogP contribution in [0.3, 0.4) is 0 Å². The molecule has 0 amide bonds. The number of Topliss-reactive ketones (excluding diaryl/α,β-unsaturated/α-hetero) is 4. The lowest BCUT2D eigenvalue weighted by molar-refractivity contribution is -0.145. The predicted molar refractivity (Wildman–Crippen MR) is 81.0 cm³/mol. The van der Waals surface area contributed by atoms with Gasteiger partial charge in [-0.05, 0) is 12.8 Å². The van der Waals surface area contributed by atoms with E-state index in [1.807, 2.05) is 0 Å². The van der Waals surface area contributed by atoms with Crippen LogP contribution < -0.4 is 0 Å². The number of carbonyl (C=O) groups is 6. The summed E-state index contributed by atoms with van der Waals surface area (Å²) in [5, 5.41) is 0. The SMILES string of the molecule is COC(=O)CC(=O)CC(=O)CCCCC(=O)CC(=O)CC(=O)OC. The maximum atomic E-state index is 11.5. The van der Waals surface area contributed by atoms with Gasteiger partial charge in [-0.1, -0.05) is 0 Å². The average Bonchev–Trinajstić information content (AvgIpc) is 2.50. The van der Waals surface area contributed by atoms with Crippen LogP contribution >= 0.6 is 0 Å². The van der Waals surface area contributed by atoms with Crippen LogP contribution in [0.15, 0.2) is 0 Å². The molecule has 0 aromatic carbocycles. The fraction of sp³-hybridized carbons (Fsp3) is 0.625. The Morgan fingerprint density at radius 1 is 0.542 bits per heavy atom. The third-order valence-electron chi connectivity index (χ3n) is 3.09. The number of ketones is 4. The largest absolute Gasteiger partial charge is 0.469 e. The average molecular weight is 342 g/mol. The normalized spacial score (nSPS) is 9.92. The number of esters is 2. The van der Waals surface area contributed by atoms with Crippen LogP contribution in [-0.2, 0) is 38.2 Å². The maximum Gasteiger partial charge on any atom is 0.313 e. The maximum absolute atomic E-state index is 11.5. The molecule has 8 nitrogen and oxygen atoms in total. The van der Waals surface area contributed by atoms with E-state index in [0.29, 0.717) is 12.8 Å². The first-order valence-electron chi connectivity index (χ1n) is 7.49. The molecule has 0 N–H and O–H groups in total. The highest BCUT2D eigenvalue weighted by molar-refractivity contribution is 6.06. The van der Waals surface area contributed by atoms with Crippen LogP contribution in [0.2, 0.25) is 0 Å². The zero-order valence-electron chi connectivity index (χ0n) is 13.9. The van der Waals surface area contributed by atoms with Crippen LogP contribution in [0.5, 0.6) is 0 Å². The van der Waals surface area contributed by atoms with E-state index >= 15 is 0 Å². The number of hydrogen-bond donors (Lipinski definition) is 0. The molecule has 134 valence electrons. The number of ether oxygens (including phenoxy) is 2. The second-order valence-electron chi connectivity index (χ2n) is 5.22. The van der Waals surface area contributed by atoms with E-state index in [9.17, 15) is 28.8 Å². The first-order chi connectivity index (χ1) is 11.3. The van der Waals surface area contributed by atoms with Gasteiger partial charge in [-0.2, -0.15) is 0 Å². The van der Waals surface area contributed by atoms with Crippen LogP contribution in [0, 0.1) is 0 Å². The van der Waals surface area contributed by atoms with Gasteiger partial charge < -0.3 is 9.47 Å². The fourth-order valence-electron chi connectivity index (χ4n) is 1.85. The monoisotopic (exact) mass is 342 g/mol. The Balaban J connectivity index is 3.84. The van der Waals surface area contributed by atoms with Gasteiger partial charge in [0, 0.05) is 12.8 Å². The zero-order valence-corrected chi connectivity index (χ0v) is 13.9. The van der Waals surface area contributed by atoms with Crippen LogP contribution in [-0.4, -0.2) is 49.3 Å². The highest BCUT2D eigenvalue weighted by atomic mass is 16.5. The molecular formula is C16H22O8. The number of hydrogen-bond acceptors (Lipinski definition) is 8. The summed E-state index contributed by atoms with van der Waals surface area (Å²) in [6.45, 7) is 0. The first kappa shape index (κ1) is 21.6. The minimum absolute atomic E-state index is 0.121. The van der Waals surface area contributed by atoms with Crippen molar-refractivity contribution in [1.82, 2.24) is 0 Å². The number of unbranched alkanes of at least 4 members (excludes halogenated alkanes) is 1. The van der Waals surface area contributed by atoms with Crippen molar-refractivity contribution in [3.8, 4) is 0 Å². The Bertz CT molecular complexity index is 460. The predicted octanol–water partition coefficient (Wildman–Crippen LogP) is 0.730. The van der Waals surface area contributed by atoms with Crippen molar-refractivity contribution in [3.05, 3.63) is 0 Å². The summed E-state index contributed by atoms with van der Waals surface area (Å²) in [5.74, 6) is -2.99. The van der Waals surface area contributed by atoms with Gasteiger partial charge >= 0.3 is 11.9 Å². The van der Waals surface area contributed by atoms with E-state index in [1.54, 1.807) is 0 Å². The Hall–Kier alpha value is -2.38. The Kier molecular flexibility index (Phi) is 10.9. The number of carbonyl (C=O) groups excluding carboxylic acids is 6. The van der Waals surface area contributed by atoms with E-state index in [2.05, 4.69) is 9.47 Å². The van der Waals surface area contributed by atoms with Crippen molar-refractivity contribution in [2.45, 2.75) is 51.4 Å².